The number of aliphatic hydroxyl groups is 1. The number of hydrogen-bond donors (Lipinski definition) is 1. The molecule has 0 aliphatic heterocycles. The highest BCUT2D eigenvalue weighted by Crippen LogP contribution is 2.40. The first kappa shape index (κ1) is 13.1. The standard InChI is InChI=1S/C8H5ClF5NO/c9-6-3(7(10)11)1-15-4(2-16)5(6)8(12,13)14/h1,7,16H,2H2. The molecular weight excluding hydrogens is 257 g/mol. The Kier molecular flexibility index (Phi) is 3.69. The monoisotopic (exact) mass is 261 g/mol. The molecule has 1 N–H and O–H groups in total. The van der Waals surface area contributed by atoms with Crippen LogP contribution in [0.15, 0.2) is 6.20 Å². The van der Waals surface area contributed by atoms with Gasteiger partial charge in [-0.25, -0.2) is 8.78 Å². The Morgan fingerprint density at radius 1 is 1.38 bits per heavy atom. The minimum Gasteiger partial charge on any atom is -0.390 e. The first-order valence-electron chi connectivity index (χ1n) is 3.92. The lowest BCUT2D eigenvalue weighted by Gasteiger charge is -2.14. The number of hydrogen-bond acceptors (Lipinski definition) is 2. The number of alkyl halides is 5. The van der Waals surface area contributed by atoms with E-state index >= 15 is 0 Å². The van der Waals surface area contributed by atoms with Gasteiger partial charge in [0.25, 0.3) is 6.43 Å². The van der Waals surface area contributed by atoms with Crippen molar-refractivity contribution in [1.29, 1.82) is 0 Å². The lowest BCUT2D eigenvalue weighted by atomic mass is 10.1. The predicted octanol–water partition coefficient (Wildman–Crippen LogP) is 3.18. The van der Waals surface area contributed by atoms with Gasteiger partial charge in [0.2, 0.25) is 0 Å². The minimum atomic E-state index is -4.94. The molecule has 1 aromatic heterocycles. The van der Waals surface area contributed by atoms with Crippen LogP contribution in [0.1, 0.15) is 23.2 Å². The summed E-state index contributed by atoms with van der Waals surface area (Å²) >= 11 is 5.22. The van der Waals surface area contributed by atoms with Gasteiger partial charge in [0.1, 0.15) is 0 Å². The summed E-state index contributed by atoms with van der Waals surface area (Å²) in [5.74, 6) is 0. The maximum Gasteiger partial charge on any atom is 0.419 e. The summed E-state index contributed by atoms with van der Waals surface area (Å²) in [7, 11) is 0. The zero-order valence-corrected chi connectivity index (χ0v) is 8.28. The number of nitrogens with zero attached hydrogens (tertiary/aromatic N) is 1. The molecule has 0 atom stereocenters. The van der Waals surface area contributed by atoms with Crippen LogP contribution in [0.5, 0.6) is 0 Å². The molecule has 0 unspecified atom stereocenters. The summed E-state index contributed by atoms with van der Waals surface area (Å²) in [6.07, 6.45) is -7.57. The lowest BCUT2D eigenvalue weighted by molar-refractivity contribution is -0.139. The molecule has 2 nitrogen and oxygen atoms in total. The zero-order chi connectivity index (χ0) is 12.5. The molecule has 0 saturated carbocycles. The largest absolute Gasteiger partial charge is 0.419 e. The van der Waals surface area contributed by atoms with Crippen LogP contribution < -0.4 is 0 Å². The average Bonchev–Trinajstić information content (AvgIpc) is 2.14. The number of pyridine rings is 1. The predicted molar refractivity (Wildman–Crippen MR) is 45.1 cm³/mol. The molecule has 16 heavy (non-hydrogen) atoms. The fraction of sp³-hybridized carbons (Fsp3) is 0.375. The van der Waals surface area contributed by atoms with Crippen molar-refractivity contribution in [3.8, 4) is 0 Å². The van der Waals surface area contributed by atoms with E-state index in [-0.39, 0.29) is 0 Å². The Morgan fingerprint density at radius 3 is 2.31 bits per heavy atom. The van der Waals surface area contributed by atoms with E-state index in [9.17, 15) is 22.0 Å². The molecule has 0 aromatic carbocycles. The maximum atomic E-state index is 12.5. The minimum absolute atomic E-state index is 0.522. The van der Waals surface area contributed by atoms with Gasteiger partial charge in [-0.05, 0) is 0 Å². The van der Waals surface area contributed by atoms with Gasteiger partial charge in [-0.3, -0.25) is 4.98 Å². The normalized spacial score (nSPS) is 12.2. The second-order valence-corrected chi connectivity index (χ2v) is 3.18. The number of aliphatic hydroxyl groups excluding tert-OH is 1. The average molecular weight is 262 g/mol. The first-order valence-corrected chi connectivity index (χ1v) is 4.30. The van der Waals surface area contributed by atoms with E-state index in [4.69, 9.17) is 16.7 Å². The summed E-state index contributed by atoms with van der Waals surface area (Å²) < 4.78 is 61.9. The highest BCUT2D eigenvalue weighted by Gasteiger charge is 2.38. The van der Waals surface area contributed by atoms with E-state index in [1.165, 1.54) is 0 Å². The molecule has 1 aromatic rings. The molecule has 1 rings (SSSR count). The van der Waals surface area contributed by atoms with Crippen molar-refractivity contribution in [2.45, 2.75) is 19.2 Å². The molecule has 0 radical (unpaired) electrons. The van der Waals surface area contributed by atoms with Crippen molar-refractivity contribution >= 4 is 11.6 Å². The quantitative estimate of drug-likeness (QED) is 0.830. The molecule has 0 spiro atoms. The van der Waals surface area contributed by atoms with Crippen molar-refractivity contribution in [2.75, 3.05) is 0 Å². The molecule has 0 aliphatic rings. The highest BCUT2D eigenvalue weighted by molar-refractivity contribution is 6.32. The Bertz CT molecular complexity index is 393. The van der Waals surface area contributed by atoms with Crippen LogP contribution in [-0.2, 0) is 12.8 Å². The van der Waals surface area contributed by atoms with Crippen LogP contribution in [0.4, 0.5) is 22.0 Å². The second-order valence-electron chi connectivity index (χ2n) is 2.81. The summed E-state index contributed by atoms with van der Waals surface area (Å²) in [5.41, 5.74) is -3.30. The van der Waals surface area contributed by atoms with Crippen molar-refractivity contribution in [3.05, 3.63) is 28.0 Å². The van der Waals surface area contributed by atoms with Crippen molar-refractivity contribution in [2.24, 2.45) is 0 Å². The van der Waals surface area contributed by atoms with Gasteiger partial charge in [0.15, 0.2) is 0 Å². The molecule has 0 bridgehead atoms. The van der Waals surface area contributed by atoms with Gasteiger partial charge >= 0.3 is 6.18 Å². The van der Waals surface area contributed by atoms with Crippen LogP contribution in [0, 0.1) is 0 Å². The Morgan fingerprint density at radius 2 is 1.94 bits per heavy atom. The number of halogens is 6. The van der Waals surface area contributed by atoms with Gasteiger partial charge in [0, 0.05) is 6.20 Å². The van der Waals surface area contributed by atoms with Crippen LogP contribution in [0.3, 0.4) is 0 Å². The summed E-state index contributed by atoms with van der Waals surface area (Å²) in [5, 5.41) is 7.50. The molecule has 0 amide bonds. The number of aromatic nitrogens is 1. The third-order valence-corrected chi connectivity index (χ3v) is 2.20. The van der Waals surface area contributed by atoms with E-state index < -0.39 is 41.1 Å². The maximum absolute atomic E-state index is 12.5. The van der Waals surface area contributed by atoms with Gasteiger partial charge in [-0.15, -0.1) is 0 Å². The Hall–Kier alpha value is -0.950. The lowest BCUT2D eigenvalue weighted by Crippen LogP contribution is -2.13. The number of rotatable bonds is 2. The second kappa shape index (κ2) is 4.50. The van der Waals surface area contributed by atoms with E-state index in [0.717, 1.165) is 0 Å². The van der Waals surface area contributed by atoms with Crippen LogP contribution in [0.25, 0.3) is 0 Å². The third kappa shape index (κ3) is 2.41. The van der Waals surface area contributed by atoms with Crippen LogP contribution >= 0.6 is 11.6 Å². The van der Waals surface area contributed by atoms with Gasteiger partial charge in [-0.1, -0.05) is 11.6 Å². The van der Waals surface area contributed by atoms with Gasteiger partial charge < -0.3 is 5.11 Å². The fourth-order valence-electron chi connectivity index (χ4n) is 1.10. The molecule has 90 valence electrons. The summed E-state index contributed by atoms with van der Waals surface area (Å²) in [4.78, 5) is 3.11. The van der Waals surface area contributed by atoms with Crippen LogP contribution in [-0.4, -0.2) is 10.1 Å². The van der Waals surface area contributed by atoms with Crippen LogP contribution in [0.2, 0.25) is 5.02 Å². The highest BCUT2D eigenvalue weighted by atomic mass is 35.5. The molecule has 8 heteroatoms. The molecule has 0 saturated heterocycles. The van der Waals surface area contributed by atoms with Crippen molar-refractivity contribution < 1.29 is 27.1 Å². The van der Waals surface area contributed by atoms with E-state index in [0.29, 0.717) is 6.20 Å². The Labute approximate surface area is 91.7 Å². The van der Waals surface area contributed by atoms with Gasteiger partial charge in [0.05, 0.1) is 28.5 Å². The van der Waals surface area contributed by atoms with Gasteiger partial charge in [-0.2, -0.15) is 13.2 Å². The van der Waals surface area contributed by atoms with Crippen molar-refractivity contribution in [1.82, 2.24) is 4.98 Å². The smallest absolute Gasteiger partial charge is 0.390 e. The van der Waals surface area contributed by atoms with Crippen molar-refractivity contribution in [3.63, 3.8) is 0 Å². The SMILES string of the molecule is OCc1ncc(C(F)F)c(Cl)c1C(F)(F)F. The fourth-order valence-corrected chi connectivity index (χ4v) is 1.45. The topological polar surface area (TPSA) is 33.1 Å². The zero-order valence-electron chi connectivity index (χ0n) is 7.52. The van der Waals surface area contributed by atoms with E-state index in [1.807, 2.05) is 0 Å². The first-order chi connectivity index (χ1) is 7.29. The van der Waals surface area contributed by atoms with E-state index in [2.05, 4.69) is 4.98 Å². The molecule has 0 fully saturated rings. The third-order valence-electron chi connectivity index (χ3n) is 1.79. The van der Waals surface area contributed by atoms with E-state index in [1.54, 1.807) is 0 Å². The molecular formula is C8H5ClF5NO. The molecule has 1 heterocycles. The summed E-state index contributed by atoms with van der Waals surface area (Å²) in [6.45, 7) is -1.03. The Balaban J connectivity index is 3.47. The summed E-state index contributed by atoms with van der Waals surface area (Å²) in [6, 6.07) is 0. The molecule has 0 aliphatic carbocycles.